The molecule has 0 unspecified atom stereocenters. The van der Waals surface area contributed by atoms with E-state index < -0.39 is 0 Å². The van der Waals surface area contributed by atoms with Gasteiger partial charge in [-0.3, -0.25) is 0 Å². The molecule has 1 aliphatic rings. The van der Waals surface area contributed by atoms with Gasteiger partial charge in [0.1, 0.15) is 11.6 Å². The highest BCUT2D eigenvalue weighted by Crippen LogP contribution is 2.21. The quantitative estimate of drug-likeness (QED) is 0.530. The normalized spacial score (nSPS) is 17.4. The lowest BCUT2D eigenvalue weighted by Crippen LogP contribution is -2.44. The van der Waals surface area contributed by atoms with Crippen molar-refractivity contribution >= 4 is 17.1 Å². The SMILES string of the molecule is COc1ccc(C[C@@H](NC(=O)N[C@H]2CCNC2)c2nc3ccccc3[nH]2)cc1. The molecule has 2 amide bonds. The summed E-state index contributed by atoms with van der Waals surface area (Å²) in [6.07, 6.45) is 1.57. The van der Waals surface area contributed by atoms with Gasteiger partial charge in [0.05, 0.1) is 24.2 Å². The van der Waals surface area contributed by atoms with Gasteiger partial charge in [0.15, 0.2) is 0 Å². The molecule has 2 aromatic carbocycles. The van der Waals surface area contributed by atoms with Gasteiger partial charge in [0.25, 0.3) is 0 Å². The minimum atomic E-state index is -0.268. The lowest BCUT2D eigenvalue weighted by Gasteiger charge is -2.19. The van der Waals surface area contributed by atoms with Crippen molar-refractivity contribution in [2.45, 2.75) is 24.9 Å². The van der Waals surface area contributed by atoms with Crippen molar-refractivity contribution in [3.05, 3.63) is 59.9 Å². The number of carbonyl (C=O) groups excluding carboxylic acids is 1. The Labute approximate surface area is 163 Å². The first-order valence-electron chi connectivity index (χ1n) is 9.56. The lowest BCUT2D eigenvalue weighted by atomic mass is 10.1. The van der Waals surface area contributed by atoms with Crippen molar-refractivity contribution < 1.29 is 9.53 Å². The number of aromatic amines is 1. The third-order valence-electron chi connectivity index (χ3n) is 5.04. The predicted molar refractivity (Wildman–Crippen MR) is 108 cm³/mol. The molecule has 0 radical (unpaired) electrons. The number of nitrogens with one attached hydrogen (secondary N) is 4. The number of fused-ring (bicyclic) bond motifs is 1. The maximum atomic E-state index is 12.6. The maximum absolute atomic E-state index is 12.6. The number of nitrogens with zero attached hydrogens (tertiary/aromatic N) is 1. The van der Waals surface area contributed by atoms with Crippen LogP contribution in [0.2, 0.25) is 0 Å². The number of carbonyl (C=O) groups is 1. The predicted octanol–water partition coefficient (Wildman–Crippen LogP) is 2.52. The highest BCUT2D eigenvalue weighted by molar-refractivity contribution is 5.76. The Morgan fingerprint density at radius 3 is 2.79 bits per heavy atom. The number of urea groups is 1. The van der Waals surface area contributed by atoms with E-state index in [0.717, 1.165) is 47.7 Å². The molecule has 7 heteroatoms. The fourth-order valence-corrected chi connectivity index (χ4v) is 3.51. The smallest absolute Gasteiger partial charge is 0.315 e. The third-order valence-corrected chi connectivity index (χ3v) is 5.04. The summed E-state index contributed by atoms with van der Waals surface area (Å²) in [5, 5.41) is 9.40. The van der Waals surface area contributed by atoms with Gasteiger partial charge in [0, 0.05) is 12.6 Å². The van der Waals surface area contributed by atoms with Crippen LogP contribution >= 0.6 is 0 Å². The first kappa shape index (κ1) is 18.3. The Hall–Kier alpha value is -3.06. The second kappa shape index (κ2) is 8.31. The topological polar surface area (TPSA) is 91.1 Å². The zero-order valence-electron chi connectivity index (χ0n) is 15.9. The zero-order chi connectivity index (χ0) is 19.3. The summed E-state index contributed by atoms with van der Waals surface area (Å²) in [6.45, 7) is 1.74. The molecule has 1 fully saturated rings. The number of hydrogen-bond acceptors (Lipinski definition) is 4. The van der Waals surface area contributed by atoms with Gasteiger partial charge in [-0.05, 0) is 49.2 Å². The van der Waals surface area contributed by atoms with Gasteiger partial charge < -0.3 is 25.7 Å². The standard InChI is InChI=1S/C21H25N5O2/c1-28-16-8-6-14(7-9-16)12-19(26-21(27)23-15-10-11-22-13-15)20-24-17-4-2-3-5-18(17)25-20/h2-9,15,19,22H,10-13H2,1H3,(H,24,25)(H2,23,26,27)/t15-,19+/m0/s1. The zero-order valence-corrected chi connectivity index (χ0v) is 15.9. The van der Waals surface area contributed by atoms with Crippen LogP contribution in [-0.4, -0.2) is 42.2 Å². The Kier molecular flexibility index (Phi) is 5.43. The first-order valence-corrected chi connectivity index (χ1v) is 9.56. The molecule has 4 rings (SSSR count). The molecular formula is C21H25N5O2. The molecule has 0 aliphatic carbocycles. The molecule has 0 saturated carbocycles. The average molecular weight is 379 g/mol. The van der Waals surface area contributed by atoms with Crippen LogP contribution < -0.4 is 20.7 Å². The Morgan fingerprint density at radius 2 is 2.07 bits per heavy atom. The number of rotatable bonds is 6. The van der Waals surface area contributed by atoms with Gasteiger partial charge in [0.2, 0.25) is 0 Å². The molecular weight excluding hydrogens is 354 g/mol. The minimum Gasteiger partial charge on any atom is -0.497 e. The van der Waals surface area contributed by atoms with Crippen molar-refractivity contribution in [3.63, 3.8) is 0 Å². The second-order valence-corrected chi connectivity index (χ2v) is 7.05. The summed E-state index contributed by atoms with van der Waals surface area (Å²) in [5.74, 6) is 1.56. The lowest BCUT2D eigenvalue weighted by molar-refractivity contribution is 0.233. The van der Waals surface area contributed by atoms with Crippen LogP contribution in [0.1, 0.15) is 23.9 Å². The van der Waals surface area contributed by atoms with E-state index in [0.29, 0.717) is 6.42 Å². The van der Waals surface area contributed by atoms with Gasteiger partial charge in [-0.25, -0.2) is 9.78 Å². The van der Waals surface area contributed by atoms with Crippen molar-refractivity contribution in [2.75, 3.05) is 20.2 Å². The third kappa shape index (κ3) is 4.26. The summed E-state index contributed by atoms with van der Waals surface area (Å²) in [4.78, 5) is 20.6. The van der Waals surface area contributed by atoms with Crippen LogP contribution in [0.25, 0.3) is 11.0 Å². The van der Waals surface area contributed by atoms with E-state index in [9.17, 15) is 4.79 Å². The summed E-state index contributed by atoms with van der Waals surface area (Å²) >= 11 is 0. The second-order valence-electron chi connectivity index (χ2n) is 7.05. The fourth-order valence-electron chi connectivity index (χ4n) is 3.51. The molecule has 146 valence electrons. The van der Waals surface area contributed by atoms with E-state index in [-0.39, 0.29) is 18.1 Å². The van der Waals surface area contributed by atoms with E-state index in [1.54, 1.807) is 7.11 Å². The largest absolute Gasteiger partial charge is 0.497 e. The first-order chi connectivity index (χ1) is 13.7. The van der Waals surface area contributed by atoms with Crippen molar-refractivity contribution in [3.8, 4) is 5.75 Å². The van der Waals surface area contributed by atoms with Gasteiger partial charge >= 0.3 is 6.03 Å². The minimum absolute atomic E-state index is 0.164. The Morgan fingerprint density at radius 1 is 1.25 bits per heavy atom. The van der Waals surface area contributed by atoms with Crippen molar-refractivity contribution in [1.29, 1.82) is 0 Å². The van der Waals surface area contributed by atoms with Gasteiger partial charge in [-0.2, -0.15) is 0 Å². The molecule has 0 bridgehead atoms. The number of H-pyrrole nitrogens is 1. The average Bonchev–Trinajstić information content (AvgIpc) is 3.37. The maximum Gasteiger partial charge on any atom is 0.315 e. The molecule has 2 heterocycles. The summed E-state index contributed by atoms with van der Waals surface area (Å²) < 4.78 is 5.23. The number of imidazole rings is 1. The number of hydrogen-bond donors (Lipinski definition) is 4. The van der Waals surface area contributed by atoms with Crippen LogP contribution in [0.5, 0.6) is 5.75 Å². The van der Waals surface area contributed by atoms with Crippen molar-refractivity contribution in [1.82, 2.24) is 25.9 Å². The summed E-state index contributed by atoms with van der Waals surface area (Å²) in [6, 6.07) is 15.5. The van der Waals surface area contributed by atoms with E-state index in [1.807, 2.05) is 48.5 Å². The van der Waals surface area contributed by atoms with Crippen LogP contribution in [0, 0.1) is 0 Å². The van der Waals surface area contributed by atoms with Crippen LogP contribution in [0.15, 0.2) is 48.5 Å². The fraction of sp³-hybridized carbons (Fsp3) is 0.333. The van der Waals surface area contributed by atoms with E-state index in [2.05, 4.69) is 20.9 Å². The number of benzene rings is 2. The number of amides is 2. The Balaban J connectivity index is 1.54. The molecule has 3 aromatic rings. The van der Waals surface area contributed by atoms with E-state index in [4.69, 9.17) is 9.72 Å². The summed E-state index contributed by atoms with van der Waals surface area (Å²) in [7, 11) is 1.65. The number of aromatic nitrogens is 2. The van der Waals surface area contributed by atoms with Gasteiger partial charge in [-0.1, -0.05) is 24.3 Å². The molecule has 1 saturated heterocycles. The molecule has 4 N–H and O–H groups in total. The van der Waals surface area contributed by atoms with E-state index >= 15 is 0 Å². The van der Waals surface area contributed by atoms with Crippen LogP contribution in [0.4, 0.5) is 4.79 Å². The highest BCUT2D eigenvalue weighted by atomic mass is 16.5. The Bertz CT molecular complexity index is 898. The number of para-hydroxylation sites is 2. The van der Waals surface area contributed by atoms with Crippen LogP contribution in [0.3, 0.4) is 0 Å². The highest BCUT2D eigenvalue weighted by Gasteiger charge is 2.22. The molecule has 7 nitrogen and oxygen atoms in total. The molecule has 0 spiro atoms. The number of ether oxygens (including phenoxy) is 1. The number of methoxy groups -OCH3 is 1. The molecule has 1 aliphatic heterocycles. The van der Waals surface area contributed by atoms with Gasteiger partial charge in [-0.15, -0.1) is 0 Å². The molecule has 1 aromatic heterocycles. The molecule has 28 heavy (non-hydrogen) atoms. The molecule has 2 atom stereocenters. The monoisotopic (exact) mass is 379 g/mol. The summed E-state index contributed by atoms with van der Waals surface area (Å²) in [5.41, 5.74) is 2.94. The van der Waals surface area contributed by atoms with Crippen LogP contribution in [-0.2, 0) is 6.42 Å². The van der Waals surface area contributed by atoms with E-state index in [1.165, 1.54) is 0 Å². The van der Waals surface area contributed by atoms with Crippen molar-refractivity contribution in [2.24, 2.45) is 0 Å².